The number of ether oxygens (including phenoxy) is 1. The Hall–Kier alpha value is -3.05. The molecule has 2 N–H and O–H groups in total. The highest BCUT2D eigenvalue weighted by Crippen LogP contribution is 2.18. The molecule has 1 aromatic heterocycles. The molecule has 5 nitrogen and oxygen atoms in total. The van der Waals surface area contributed by atoms with Crippen LogP contribution in [0.25, 0.3) is 0 Å². The van der Waals surface area contributed by atoms with Crippen molar-refractivity contribution in [3.05, 3.63) is 83.1 Å². The zero-order valence-electron chi connectivity index (χ0n) is 14.9. The highest BCUT2D eigenvalue weighted by Gasteiger charge is 2.09. The van der Waals surface area contributed by atoms with Crippen LogP contribution >= 0.6 is 11.6 Å². The Kier molecular flexibility index (Phi) is 6.28. The number of amides is 1. The number of nitrogens with one attached hydrogen (secondary N) is 2. The van der Waals surface area contributed by atoms with Crippen molar-refractivity contribution in [2.24, 2.45) is 0 Å². The molecule has 6 heteroatoms. The summed E-state index contributed by atoms with van der Waals surface area (Å²) < 4.78 is 5.16. The van der Waals surface area contributed by atoms with E-state index in [1.165, 1.54) is 0 Å². The molecule has 0 unspecified atom stereocenters. The van der Waals surface area contributed by atoms with E-state index < -0.39 is 0 Å². The van der Waals surface area contributed by atoms with E-state index in [1.807, 2.05) is 42.5 Å². The van der Waals surface area contributed by atoms with Crippen molar-refractivity contribution in [3.8, 4) is 5.75 Å². The first kappa shape index (κ1) is 18.7. The molecule has 3 aromatic rings. The molecule has 0 bridgehead atoms. The Bertz CT molecular complexity index is 931. The number of rotatable bonds is 7. The standard InChI is InChI=1S/C21H20ClN3O2/c1-27-19-7-3-6-18(13-19)25-21(26)20-14-17(9-11-24-20)23-10-8-15-4-2-5-16(22)12-15/h2-7,9,11-14H,8,10H2,1H3,(H,23,24)(H,25,26). The van der Waals surface area contributed by atoms with Gasteiger partial charge in [-0.1, -0.05) is 29.8 Å². The Morgan fingerprint density at radius 3 is 2.74 bits per heavy atom. The molecule has 1 heterocycles. The van der Waals surface area contributed by atoms with Gasteiger partial charge in [-0.3, -0.25) is 9.78 Å². The highest BCUT2D eigenvalue weighted by molar-refractivity contribution is 6.30. The summed E-state index contributed by atoms with van der Waals surface area (Å²) in [7, 11) is 1.58. The molecule has 27 heavy (non-hydrogen) atoms. The fourth-order valence-corrected chi connectivity index (χ4v) is 2.82. The summed E-state index contributed by atoms with van der Waals surface area (Å²) in [6.07, 6.45) is 2.44. The summed E-state index contributed by atoms with van der Waals surface area (Å²) in [5.74, 6) is 0.402. The van der Waals surface area contributed by atoms with Crippen LogP contribution < -0.4 is 15.4 Å². The van der Waals surface area contributed by atoms with Gasteiger partial charge in [-0.2, -0.15) is 0 Å². The van der Waals surface area contributed by atoms with Crippen LogP contribution in [0, 0.1) is 0 Å². The van der Waals surface area contributed by atoms with Gasteiger partial charge in [0.25, 0.3) is 5.91 Å². The van der Waals surface area contributed by atoms with E-state index in [4.69, 9.17) is 16.3 Å². The minimum Gasteiger partial charge on any atom is -0.497 e. The number of hydrogen-bond acceptors (Lipinski definition) is 4. The van der Waals surface area contributed by atoms with E-state index in [2.05, 4.69) is 15.6 Å². The largest absolute Gasteiger partial charge is 0.497 e. The van der Waals surface area contributed by atoms with Crippen LogP contribution in [0.5, 0.6) is 5.75 Å². The molecule has 0 aliphatic carbocycles. The molecule has 0 spiro atoms. The SMILES string of the molecule is COc1cccc(NC(=O)c2cc(NCCc3cccc(Cl)c3)ccn2)c1. The number of nitrogens with zero attached hydrogens (tertiary/aromatic N) is 1. The third-order valence-electron chi connectivity index (χ3n) is 3.95. The van der Waals surface area contributed by atoms with Gasteiger partial charge in [-0.25, -0.2) is 0 Å². The van der Waals surface area contributed by atoms with Crippen LogP contribution in [0.1, 0.15) is 16.1 Å². The van der Waals surface area contributed by atoms with E-state index in [9.17, 15) is 4.79 Å². The van der Waals surface area contributed by atoms with Crippen LogP contribution in [0.2, 0.25) is 5.02 Å². The normalized spacial score (nSPS) is 10.3. The van der Waals surface area contributed by atoms with E-state index in [0.717, 1.165) is 29.2 Å². The lowest BCUT2D eigenvalue weighted by atomic mass is 10.1. The van der Waals surface area contributed by atoms with Crippen LogP contribution in [-0.4, -0.2) is 24.5 Å². The summed E-state index contributed by atoms with van der Waals surface area (Å²) in [5.41, 5.74) is 2.98. The van der Waals surface area contributed by atoms with Gasteiger partial charge in [0, 0.05) is 35.2 Å². The number of carbonyl (C=O) groups excluding carboxylic acids is 1. The molecule has 0 fully saturated rings. The molecule has 0 radical (unpaired) electrons. The van der Waals surface area contributed by atoms with Crippen LogP contribution in [0.4, 0.5) is 11.4 Å². The van der Waals surface area contributed by atoms with Crippen molar-refractivity contribution >= 4 is 28.9 Å². The molecular formula is C21H20ClN3O2. The molecule has 138 valence electrons. The first-order valence-electron chi connectivity index (χ1n) is 8.54. The van der Waals surface area contributed by atoms with Gasteiger partial charge in [-0.05, 0) is 48.4 Å². The number of pyridine rings is 1. The monoisotopic (exact) mass is 381 g/mol. The Morgan fingerprint density at radius 2 is 1.93 bits per heavy atom. The maximum Gasteiger partial charge on any atom is 0.274 e. The predicted molar refractivity (Wildman–Crippen MR) is 109 cm³/mol. The average molecular weight is 382 g/mol. The average Bonchev–Trinajstić information content (AvgIpc) is 2.68. The second kappa shape index (κ2) is 9.05. The van der Waals surface area contributed by atoms with Crippen molar-refractivity contribution in [3.63, 3.8) is 0 Å². The summed E-state index contributed by atoms with van der Waals surface area (Å²) in [4.78, 5) is 16.6. The van der Waals surface area contributed by atoms with Gasteiger partial charge in [0.15, 0.2) is 0 Å². The third kappa shape index (κ3) is 5.46. The lowest BCUT2D eigenvalue weighted by molar-refractivity contribution is 0.102. The van der Waals surface area contributed by atoms with Gasteiger partial charge in [-0.15, -0.1) is 0 Å². The maximum absolute atomic E-state index is 12.4. The Labute approximate surface area is 163 Å². The van der Waals surface area contributed by atoms with E-state index in [-0.39, 0.29) is 5.91 Å². The van der Waals surface area contributed by atoms with Crippen molar-refractivity contribution in [1.29, 1.82) is 0 Å². The van der Waals surface area contributed by atoms with Crippen molar-refractivity contribution in [1.82, 2.24) is 4.98 Å². The number of hydrogen-bond donors (Lipinski definition) is 2. The topological polar surface area (TPSA) is 63.2 Å². The first-order valence-corrected chi connectivity index (χ1v) is 8.91. The molecule has 0 saturated heterocycles. The molecule has 0 aliphatic heterocycles. The zero-order chi connectivity index (χ0) is 19.1. The molecule has 1 amide bonds. The molecule has 2 aromatic carbocycles. The fourth-order valence-electron chi connectivity index (χ4n) is 2.60. The number of aromatic nitrogens is 1. The summed E-state index contributed by atoms with van der Waals surface area (Å²) in [6, 6.07) is 18.5. The number of halogens is 1. The van der Waals surface area contributed by atoms with Gasteiger partial charge < -0.3 is 15.4 Å². The van der Waals surface area contributed by atoms with Crippen LogP contribution in [0.15, 0.2) is 66.9 Å². The van der Waals surface area contributed by atoms with E-state index in [0.29, 0.717) is 17.1 Å². The first-order chi connectivity index (χ1) is 13.1. The minimum absolute atomic E-state index is 0.276. The summed E-state index contributed by atoms with van der Waals surface area (Å²) in [5, 5.41) is 6.86. The molecular weight excluding hydrogens is 362 g/mol. The van der Waals surface area contributed by atoms with Crippen LogP contribution in [0.3, 0.4) is 0 Å². The fraction of sp³-hybridized carbons (Fsp3) is 0.143. The quantitative estimate of drug-likeness (QED) is 0.625. The second-order valence-electron chi connectivity index (χ2n) is 5.92. The molecule has 0 aliphatic rings. The molecule has 3 rings (SSSR count). The third-order valence-corrected chi connectivity index (χ3v) is 4.19. The molecule has 0 saturated carbocycles. The number of carbonyl (C=O) groups is 1. The summed E-state index contributed by atoms with van der Waals surface area (Å²) in [6.45, 7) is 0.724. The van der Waals surface area contributed by atoms with Gasteiger partial charge in [0.2, 0.25) is 0 Å². The maximum atomic E-state index is 12.4. The van der Waals surface area contributed by atoms with E-state index >= 15 is 0 Å². The predicted octanol–water partition coefficient (Wildman–Crippen LogP) is 4.65. The van der Waals surface area contributed by atoms with Crippen molar-refractivity contribution < 1.29 is 9.53 Å². The van der Waals surface area contributed by atoms with Gasteiger partial charge in [0.1, 0.15) is 11.4 Å². The smallest absolute Gasteiger partial charge is 0.274 e. The van der Waals surface area contributed by atoms with Crippen LogP contribution in [-0.2, 0) is 6.42 Å². The van der Waals surface area contributed by atoms with E-state index in [1.54, 1.807) is 31.5 Å². The Balaban J connectivity index is 1.59. The lowest BCUT2D eigenvalue weighted by Crippen LogP contribution is -2.14. The summed E-state index contributed by atoms with van der Waals surface area (Å²) >= 11 is 6.00. The lowest BCUT2D eigenvalue weighted by Gasteiger charge is -2.09. The zero-order valence-corrected chi connectivity index (χ0v) is 15.7. The van der Waals surface area contributed by atoms with Crippen molar-refractivity contribution in [2.45, 2.75) is 6.42 Å². The highest BCUT2D eigenvalue weighted by atomic mass is 35.5. The van der Waals surface area contributed by atoms with Gasteiger partial charge >= 0.3 is 0 Å². The van der Waals surface area contributed by atoms with Crippen molar-refractivity contribution in [2.75, 3.05) is 24.3 Å². The Morgan fingerprint density at radius 1 is 1.07 bits per heavy atom. The molecule has 0 atom stereocenters. The second-order valence-corrected chi connectivity index (χ2v) is 6.36. The number of anilines is 2. The van der Waals surface area contributed by atoms with Gasteiger partial charge in [0.05, 0.1) is 7.11 Å². The number of benzene rings is 2. The number of methoxy groups -OCH3 is 1. The minimum atomic E-state index is -0.276.